The summed E-state index contributed by atoms with van der Waals surface area (Å²) in [4.78, 5) is 0. The molecule has 108 valence electrons. The van der Waals surface area contributed by atoms with Gasteiger partial charge in [-0.25, -0.2) is 0 Å². The van der Waals surface area contributed by atoms with E-state index in [1.165, 1.54) is 12.1 Å². The van der Waals surface area contributed by atoms with Crippen LogP contribution >= 0.6 is 0 Å². The van der Waals surface area contributed by atoms with Gasteiger partial charge in [0.1, 0.15) is 0 Å². The van der Waals surface area contributed by atoms with Gasteiger partial charge in [-0.3, -0.25) is 4.74 Å². The predicted octanol–water partition coefficient (Wildman–Crippen LogP) is 3.33. The number of hydrogen-bond acceptors (Lipinski definition) is 2. The number of nitrogens with one attached hydrogen (secondary N) is 1. The molecular formula is C11H11F6NO. The fraction of sp³-hybridized carbons (Fsp3) is 0.455. The van der Waals surface area contributed by atoms with Crippen molar-refractivity contribution in [2.45, 2.75) is 19.1 Å². The molecule has 0 aliphatic rings. The standard InChI is InChI=1S/C11H11F6NO/c12-10(13,14)9-3-1-2-8(6-9)7-18-4-5-19-11(15,16)17/h1-3,6,18H,4-5,7H2. The number of halogens is 6. The number of rotatable bonds is 5. The van der Waals surface area contributed by atoms with Crippen molar-refractivity contribution in [1.82, 2.24) is 5.32 Å². The highest BCUT2D eigenvalue weighted by Crippen LogP contribution is 2.29. The molecule has 0 radical (unpaired) electrons. The van der Waals surface area contributed by atoms with Crippen LogP contribution in [0.25, 0.3) is 0 Å². The molecule has 0 heterocycles. The van der Waals surface area contributed by atoms with Crippen LogP contribution in [-0.2, 0) is 17.5 Å². The molecule has 0 saturated heterocycles. The summed E-state index contributed by atoms with van der Waals surface area (Å²) < 4.78 is 75.5. The molecule has 0 saturated carbocycles. The van der Waals surface area contributed by atoms with Crippen LogP contribution in [-0.4, -0.2) is 19.5 Å². The molecule has 0 aliphatic carbocycles. The van der Waals surface area contributed by atoms with Crippen LogP contribution in [0.4, 0.5) is 26.3 Å². The largest absolute Gasteiger partial charge is 0.522 e. The van der Waals surface area contributed by atoms with Crippen LogP contribution in [0.2, 0.25) is 0 Å². The molecule has 0 spiro atoms. The summed E-state index contributed by atoms with van der Waals surface area (Å²) in [7, 11) is 0. The van der Waals surface area contributed by atoms with Crippen molar-refractivity contribution in [2.24, 2.45) is 0 Å². The van der Waals surface area contributed by atoms with E-state index in [2.05, 4.69) is 10.1 Å². The maximum absolute atomic E-state index is 12.4. The Morgan fingerprint density at radius 1 is 1.05 bits per heavy atom. The zero-order valence-electron chi connectivity index (χ0n) is 9.61. The predicted molar refractivity (Wildman–Crippen MR) is 55.2 cm³/mol. The first-order chi connectivity index (χ1) is 8.68. The van der Waals surface area contributed by atoms with E-state index in [-0.39, 0.29) is 13.1 Å². The van der Waals surface area contributed by atoms with E-state index in [1.807, 2.05) is 0 Å². The Labute approximate surface area is 105 Å². The van der Waals surface area contributed by atoms with Crippen LogP contribution in [0, 0.1) is 0 Å². The SMILES string of the molecule is FC(F)(F)OCCNCc1cccc(C(F)(F)F)c1. The van der Waals surface area contributed by atoms with Gasteiger partial charge in [-0.05, 0) is 11.6 Å². The Balaban J connectivity index is 2.38. The average molecular weight is 287 g/mol. The summed E-state index contributed by atoms with van der Waals surface area (Å²) in [6, 6.07) is 4.56. The Hall–Kier alpha value is -1.28. The molecule has 2 nitrogen and oxygen atoms in total. The minimum Gasteiger partial charge on any atom is -0.310 e. The van der Waals surface area contributed by atoms with E-state index in [1.54, 1.807) is 0 Å². The summed E-state index contributed by atoms with van der Waals surface area (Å²) in [5, 5.41) is 2.56. The number of hydrogen-bond donors (Lipinski definition) is 1. The van der Waals surface area contributed by atoms with Crippen LogP contribution in [0.3, 0.4) is 0 Å². The fourth-order valence-corrected chi connectivity index (χ4v) is 1.33. The Kier molecular flexibility index (Phi) is 5.19. The van der Waals surface area contributed by atoms with E-state index in [9.17, 15) is 26.3 Å². The molecule has 1 aromatic carbocycles. The van der Waals surface area contributed by atoms with E-state index in [4.69, 9.17) is 0 Å². The van der Waals surface area contributed by atoms with Crippen molar-refractivity contribution in [2.75, 3.05) is 13.2 Å². The van der Waals surface area contributed by atoms with E-state index >= 15 is 0 Å². The molecule has 1 N–H and O–H groups in total. The Bertz CT molecular complexity index is 401. The Morgan fingerprint density at radius 2 is 1.74 bits per heavy atom. The van der Waals surface area contributed by atoms with Gasteiger partial charge < -0.3 is 5.32 Å². The lowest BCUT2D eigenvalue weighted by atomic mass is 10.1. The molecule has 8 heteroatoms. The normalized spacial score (nSPS) is 12.7. The summed E-state index contributed by atoms with van der Waals surface area (Å²) in [5.41, 5.74) is -0.458. The molecule has 19 heavy (non-hydrogen) atoms. The van der Waals surface area contributed by atoms with Crippen molar-refractivity contribution in [1.29, 1.82) is 0 Å². The van der Waals surface area contributed by atoms with Gasteiger partial charge in [0.2, 0.25) is 0 Å². The zero-order valence-corrected chi connectivity index (χ0v) is 9.61. The number of ether oxygens (including phenoxy) is 1. The van der Waals surface area contributed by atoms with E-state index < -0.39 is 24.7 Å². The first-order valence-electron chi connectivity index (χ1n) is 5.26. The Morgan fingerprint density at radius 3 is 2.32 bits per heavy atom. The quantitative estimate of drug-likeness (QED) is 0.662. The minimum absolute atomic E-state index is 0.0329. The molecule has 0 unspecified atom stereocenters. The van der Waals surface area contributed by atoms with Gasteiger partial charge >= 0.3 is 12.5 Å². The highest BCUT2D eigenvalue weighted by Gasteiger charge is 2.30. The number of alkyl halides is 6. The third kappa shape index (κ3) is 6.44. The smallest absolute Gasteiger partial charge is 0.310 e. The summed E-state index contributed by atoms with van der Waals surface area (Å²) >= 11 is 0. The third-order valence-corrected chi connectivity index (χ3v) is 2.13. The molecule has 0 aromatic heterocycles. The first kappa shape index (κ1) is 15.8. The van der Waals surface area contributed by atoms with E-state index in [0.29, 0.717) is 5.56 Å². The van der Waals surface area contributed by atoms with Gasteiger partial charge in [-0.1, -0.05) is 18.2 Å². The molecule has 0 atom stereocenters. The van der Waals surface area contributed by atoms with Crippen molar-refractivity contribution in [3.63, 3.8) is 0 Å². The second-order valence-corrected chi connectivity index (χ2v) is 3.67. The van der Waals surface area contributed by atoms with Gasteiger partial charge in [0.25, 0.3) is 0 Å². The monoisotopic (exact) mass is 287 g/mol. The first-order valence-corrected chi connectivity index (χ1v) is 5.26. The van der Waals surface area contributed by atoms with Gasteiger partial charge in [0.05, 0.1) is 12.2 Å². The zero-order chi connectivity index (χ0) is 14.5. The van der Waals surface area contributed by atoms with Crippen LogP contribution in [0.15, 0.2) is 24.3 Å². The second-order valence-electron chi connectivity index (χ2n) is 3.67. The number of benzene rings is 1. The maximum atomic E-state index is 12.4. The third-order valence-electron chi connectivity index (χ3n) is 2.13. The lowest BCUT2D eigenvalue weighted by Gasteiger charge is -2.10. The van der Waals surface area contributed by atoms with Crippen molar-refractivity contribution in [3.05, 3.63) is 35.4 Å². The second kappa shape index (κ2) is 6.25. The highest BCUT2D eigenvalue weighted by molar-refractivity contribution is 5.25. The lowest BCUT2D eigenvalue weighted by Crippen LogP contribution is -2.24. The highest BCUT2D eigenvalue weighted by atomic mass is 19.4. The van der Waals surface area contributed by atoms with Gasteiger partial charge in [-0.2, -0.15) is 13.2 Å². The van der Waals surface area contributed by atoms with Gasteiger partial charge in [0, 0.05) is 13.1 Å². The molecular weight excluding hydrogens is 276 g/mol. The molecule has 1 rings (SSSR count). The summed E-state index contributed by atoms with van der Waals surface area (Å²) in [5.74, 6) is 0. The molecule has 0 bridgehead atoms. The minimum atomic E-state index is -4.70. The molecule has 0 fully saturated rings. The van der Waals surface area contributed by atoms with Gasteiger partial charge in [0.15, 0.2) is 0 Å². The van der Waals surface area contributed by atoms with Crippen molar-refractivity contribution < 1.29 is 31.1 Å². The lowest BCUT2D eigenvalue weighted by molar-refractivity contribution is -0.323. The molecule has 0 aliphatic heterocycles. The van der Waals surface area contributed by atoms with Gasteiger partial charge in [-0.15, -0.1) is 13.2 Å². The van der Waals surface area contributed by atoms with Crippen molar-refractivity contribution >= 4 is 0 Å². The maximum Gasteiger partial charge on any atom is 0.522 e. The topological polar surface area (TPSA) is 21.3 Å². The van der Waals surface area contributed by atoms with Crippen molar-refractivity contribution in [3.8, 4) is 0 Å². The summed E-state index contributed by atoms with van der Waals surface area (Å²) in [6.45, 7) is -0.677. The van der Waals surface area contributed by atoms with Crippen LogP contribution in [0.1, 0.15) is 11.1 Å². The van der Waals surface area contributed by atoms with Crippen LogP contribution in [0.5, 0.6) is 0 Å². The van der Waals surface area contributed by atoms with E-state index in [0.717, 1.165) is 12.1 Å². The fourth-order valence-electron chi connectivity index (χ4n) is 1.33. The molecule has 0 amide bonds. The summed E-state index contributed by atoms with van der Waals surface area (Å²) in [6.07, 6.45) is -9.13. The van der Waals surface area contributed by atoms with Crippen LogP contribution < -0.4 is 5.32 Å². The average Bonchev–Trinajstić information content (AvgIpc) is 2.26. The molecule has 1 aromatic rings.